The monoisotopic (exact) mass is 406 g/mol. The summed E-state index contributed by atoms with van der Waals surface area (Å²) in [5.74, 6) is -0.347. The summed E-state index contributed by atoms with van der Waals surface area (Å²) in [7, 11) is 1.37. The molecule has 0 saturated carbocycles. The van der Waals surface area contributed by atoms with Gasteiger partial charge in [0.1, 0.15) is 0 Å². The van der Waals surface area contributed by atoms with Gasteiger partial charge in [-0.2, -0.15) is 0 Å². The summed E-state index contributed by atoms with van der Waals surface area (Å²) < 4.78 is 4.57. The minimum Gasteiger partial charge on any atom is -0.466 e. The van der Waals surface area contributed by atoms with Crippen LogP contribution in [-0.4, -0.2) is 13.1 Å². The molecular weight excluding hydrogens is 368 g/mol. The van der Waals surface area contributed by atoms with Crippen LogP contribution in [0.3, 0.4) is 0 Å². The fraction of sp³-hybridized carbons (Fsp3) is 0.393. The van der Waals surface area contributed by atoms with E-state index in [9.17, 15) is 4.79 Å². The lowest BCUT2D eigenvalue weighted by Crippen LogP contribution is -2.19. The van der Waals surface area contributed by atoms with Gasteiger partial charge in [0, 0.05) is 6.08 Å². The van der Waals surface area contributed by atoms with Crippen molar-refractivity contribution in [3.8, 4) is 0 Å². The fourth-order valence-electron chi connectivity index (χ4n) is 3.43. The van der Waals surface area contributed by atoms with Gasteiger partial charge in [0.05, 0.1) is 7.11 Å². The van der Waals surface area contributed by atoms with E-state index in [1.807, 2.05) is 25.2 Å². The standard InChI is InChI=1S/C28H38O2/c1-22(12-8-9-13-23(2)18-20-27(29)30-7)14-10-15-24(3)17-19-26-25(4)16-11-21-28(26,5)6/h8-10,12-15,17-20H,11,16,21H2,1-7H3/b9-8+,14-10+,19-17+,20-18+,22-12+,23-13+,24-15+. The molecule has 0 fully saturated rings. The Morgan fingerprint density at radius 3 is 2.03 bits per heavy atom. The number of rotatable bonds is 8. The van der Waals surface area contributed by atoms with Gasteiger partial charge in [0.2, 0.25) is 0 Å². The molecule has 0 N–H and O–H groups in total. The highest BCUT2D eigenvalue weighted by molar-refractivity contribution is 5.82. The van der Waals surface area contributed by atoms with Crippen molar-refractivity contribution in [3.63, 3.8) is 0 Å². The first-order valence-corrected chi connectivity index (χ1v) is 10.7. The van der Waals surface area contributed by atoms with Gasteiger partial charge in [-0.3, -0.25) is 0 Å². The molecule has 0 spiro atoms. The molecule has 0 amide bonds. The second-order valence-corrected chi connectivity index (χ2v) is 8.60. The van der Waals surface area contributed by atoms with Gasteiger partial charge in [-0.05, 0) is 57.9 Å². The van der Waals surface area contributed by atoms with Gasteiger partial charge >= 0.3 is 5.97 Å². The highest BCUT2D eigenvalue weighted by Crippen LogP contribution is 2.40. The Bertz CT molecular complexity index is 834. The van der Waals surface area contributed by atoms with Gasteiger partial charge in [-0.15, -0.1) is 0 Å². The van der Waals surface area contributed by atoms with Crippen molar-refractivity contribution in [1.29, 1.82) is 0 Å². The third-order valence-electron chi connectivity index (χ3n) is 5.29. The summed E-state index contributed by atoms with van der Waals surface area (Å²) in [5, 5.41) is 0. The normalized spacial score (nSPS) is 19.1. The summed E-state index contributed by atoms with van der Waals surface area (Å²) in [4.78, 5) is 11.1. The van der Waals surface area contributed by atoms with E-state index in [0.717, 1.165) is 5.57 Å². The van der Waals surface area contributed by atoms with E-state index < -0.39 is 0 Å². The van der Waals surface area contributed by atoms with Gasteiger partial charge in [-0.25, -0.2) is 4.79 Å². The lowest BCUT2D eigenvalue weighted by Gasteiger charge is -2.32. The molecule has 1 aliphatic carbocycles. The number of methoxy groups -OCH3 is 1. The molecular formula is C28H38O2. The van der Waals surface area contributed by atoms with Crippen molar-refractivity contribution in [1.82, 2.24) is 0 Å². The van der Waals surface area contributed by atoms with Crippen LogP contribution in [0, 0.1) is 5.41 Å². The van der Waals surface area contributed by atoms with Gasteiger partial charge in [-0.1, -0.05) is 96.9 Å². The maximum atomic E-state index is 11.1. The predicted octanol–water partition coefficient (Wildman–Crippen LogP) is 7.75. The summed E-state index contributed by atoms with van der Waals surface area (Å²) in [6.07, 6.45) is 25.8. The Morgan fingerprint density at radius 2 is 1.43 bits per heavy atom. The maximum absolute atomic E-state index is 11.1. The van der Waals surface area contributed by atoms with Crippen LogP contribution in [0.2, 0.25) is 0 Å². The minimum absolute atomic E-state index is 0.280. The number of ether oxygens (including phenoxy) is 1. The molecule has 1 aliphatic rings. The molecule has 0 bridgehead atoms. The Kier molecular flexibility index (Phi) is 10.9. The van der Waals surface area contributed by atoms with Crippen molar-refractivity contribution in [3.05, 3.63) is 94.7 Å². The van der Waals surface area contributed by atoms with Crippen LogP contribution < -0.4 is 0 Å². The second-order valence-electron chi connectivity index (χ2n) is 8.60. The smallest absolute Gasteiger partial charge is 0.330 e. The molecule has 0 radical (unpaired) electrons. The Balaban J connectivity index is 2.65. The lowest BCUT2D eigenvalue weighted by molar-refractivity contribution is -0.134. The third-order valence-corrected chi connectivity index (χ3v) is 5.29. The summed E-state index contributed by atoms with van der Waals surface area (Å²) in [6, 6.07) is 0. The lowest BCUT2D eigenvalue weighted by atomic mass is 9.72. The maximum Gasteiger partial charge on any atom is 0.330 e. The zero-order valence-electron chi connectivity index (χ0n) is 19.8. The van der Waals surface area contributed by atoms with Crippen molar-refractivity contribution >= 4 is 5.97 Å². The molecule has 0 aromatic rings. The molecule has 0 aliphatic heterocycles. The van der Waals surface area contributed by atoms with Gasteiger partial charge in [0.25, 0.3) is 0 Å². The molecule has 0 heterocycles. The Hall–Kier alpha value is -2.61. The Morgan fingerprint density at radius 1 is 0.867 bits per heavy atom. The number of hydrogen-bond acceptors (Lipinski definition) is 2. The predicted molar refractivity (Wildman–Crippen MR) is 130 cm³/mol. The SMILES string of the molecule is COC(=O)/C=C/C(C)=C/C=C/C=C(C)/C=C/C=C(C)/C=C/C1=C(C)CCCC1(C)C. The highest BCUT2D eigenvalue weighted by atomic mass is 16.5. The van der Waals surface area contributed by atoms with Crippen LogP contribution in [0.15, 0.2) is 94.7 Å². The molecule has 30 heavy (non-hydrogen) atoms. The third kappa shape index (κ3) is 9.73. The molecule has 2 nitrogen and oxygen atoms in total. The summed E-state index contributed by atoms with van der Waals surface area (Å²) in [5.41, 5.74) is 6.70. The molecule has 2 heteroatoms. The number of hydrogen-bond donors (Lipinski definition) is 0. The number of esters is 1. The van der Waals surface area contributed by atoms with E-state index in [1.165, 1.54) is 54.7 Å². The number of allylic oxidation sites excluding steroid dienone is 15. The van der Waals surface area contributed by atoms with Crippen LogP contribution in [0.4, 0.5) is 0 Å². The summed E-state index contributed by atoms with van der Waals surface area (Å²) >= 11 is 0. The van der Waals surface area contributed by atoms with E-state index >= 15 is 0 Å². The molecule has 0 saturated heterocycles. The van der Waals surface area contributed by atoms with Crippen molar-refractivity contribution in [2.24, 2.45) is 5.41 Å². The zero-order chi connectivity index (χ0) is 22.6. The first-order valence-electron chi connectivity index (χ1n) is 10.7. The highest BCUT2D eigenvalue weighted by Gasteiger charge is 2.26. The fourth-order valence-corrected chi connectivity index (χ4v) is 3.43. The van der Waals surface area contributed by atoms with E-state index in [4.69, 9.17) is 0 Å². The first kappa shape index (κ1) is 25.4. The van der Waals surface area contributed by atoms with E-state index in [2.05, 4.69) is 75.8 Å². The summed E-state index contributed by atoms with van der Waals surface area (Å²) in [6.45, 7) is 13.1. The largest absolute Gasteiger partial charge is 0.466 e. The zero-order valence-corrected chi connectivity index (χ0v) is 19.8. The first-order chi connectivity index (χ1) is 14.2. The molecule has 0 atom stereocenters. The van der Waals surface area contributed by atoms with Crippen LogP contribution in [0.5, 0.6) is 0 Å². The topological polar surface area (TPSA) is 26.3 Å². The molecule has 0 aromatic carbocycles. The van der Waals surface area contributed by atoms with E-state index in [0.29, 0.717) is 0 Å². The average molecular weight is 407 g/mol. The van der Waals surface area contributed by atoms with Crippen LogP contribution in [-0.2, 0) is 9.53 Å². The molecule has 1 rings (SSSR count). The van der Waals surface area contributed by atoms with Crippen LogP contribution in [0.25, 0.3) is 0 Å². The van der Waals surface area contributed by atoms with Crippen molar-refractivity contribution in [2.75, 3.05) is 7.11 Å². The molecule has 0 aromatic heterocycles. The van der Waals surface area contributed by atoms with Crippen LogP contribution >= 0.6 is 0 Å². The minimum atomic E-state index is -0.347. The molecule has 162 valence electrons. The van der Waals surface area contributed by atoms with Gasteiger partial charge < -0.3 is 4.74 Å². The van der Waals surface area contributed by atoms with E-state index in [1.54, 1.807) is 6.08 Å². The number of carbonyl (C=O) groups excluding carboxylic acids is 1. The quantitative estimate of drug-likeness (QED) is 0.234. The molecule has 0 unspecified atom stereocenters. The van der Waals surface area contributed by atoms with Crippen molar-refractivity contribution in [2.45, 2.75) is 60.8 Å². The Labute approximate surface area is 183 Å². The number of carbonyl (C=O) groups is 1. The van der Waals surface area contributed by atoms with Crippen LogP contribution in [0.1, 0.15) is 60.8 Å². The average Bonchev–Trinajstić information content (AvgIpc) is 2.68. The van der Waals surface area contributed by atoms with E-state index in [-0.39, 0.29) is 11.4 Å². The van der Waals surface area contributed by atoms with Crippen molar-refractivity contribution < 1.29 is 9.53 Å². The van der Waals surface area contributed by atoms with Gasteiger partial charge in [0.15, 0.2) is 0 Å². The second kappa shape index (κ2) is 12.8.